The maximum atomic E-state index is 13.9. The van der Waals surface area contributed by atoms with Gasteiger partial charge in [0, 0.05) is 43.6 Å². The number of carbonyl (C=O) groups is 2. The molecule has 128 valence electrons. The molecule has 0 atom stereocenters. The number of rotatable bonds is 7. The van der Waals surface area contributed by atoms with Crippen LogP contribution in [0.3, 0.4) is 0 Å². The monoisotopic (exact) mass is 335 g/mol. The first-order valence-corrected chi connectivity index (χ1v) is 7.23. The van der Waals surface area contributed by atoms with Gasteiger partial charge in [0.15, 0.2) is 0 Å². The van der Waals surface area contributed by atoms with Crippen LogP contribution in [-0.4, -0.2) is 40.4 Å². The van der Waals surface area contributed by atoms with E-state index in [0.29, 0.717) is 17.9 Å². The highest BCUT2D eigenvalue weighted by Crippen LogP contribution is 2.24. The molecule has 0 aliphatic heterocycles. The molecule has 2 N–H and O–H groups in total. The number of halogens is 1. The SMILES string of the molecule is COCc1cn(C)nc1-c1cc(F)cc(C(=O)NCCC(=O)O)c1. The first-order valence-electron chi connectivity index (χ1n) is 7.23. The van der Waals surface area contributed by atoms with Crippen molar-refractivity contribution in [3.63, 3.8) is 0 Å². The Labute approximate surface area is 138 Å². The number of carboxylic acids is 1. The molecular weight excluding hydrogens is 317 g/mol. The van der Waals surface area contributed by atoms with Gasteiger partial charge in [0.1, 0.15) is 5.82 Å². The maximum absolute atomic E-state index is 13.9. The first kappa shape index (κ1) is 17.6. The number of aliphatic carboxylic acids is 1. The Morgan fingerprint density at radius 3 is 2.79 bits per heavy atom. The van der Waals surface area contributed by atoms with Crippen molar-refractivity contribution in [3.05, 3.63) is 41.3 Å². The van der Waals surface area contributed by atoms with Crippen LogP contribution in [0.25, 0.3) is 11.3 Å². The van der Waals surface area contributed by atoms with Crippen LogP contribution < -0.4 is 5.32 Å². The topological polar surface area (TPSA) is 93.5 Å². The van der Waals surface area contributed by atoms with E-state index in [1.165, 1.54) is 12.1 Å². The number of nitrogens with one attached hydrogen (secondary N) is 1. The summed E-state index contributed by atoms with van der Waals surface area (Å²) in [6, 6.07) is 3.90. The number of carbonyl (C=O) groups excluding carboxylic acids is 1. The second kappa shape index (κ2) is 7.69. The zero-order chi connectivity index (χ0) is 17.7. The van der Waals surface area contributed by atoms with Crippen molar-refractivity contribution in [2.75, 3.05) is 13.7 Å². The molecule has 0 aliphatic carbocycles. The van der Waals surface area contributed by atoms with Gasteiger partial charge >= 0.3 is 5.97 Å². The van der Waals surface area contributed by atoms with E-state index in [-0.39, 0.29) is 18.5 Å². The largest absolute Gasteiger partial charge is 0.481 e. The van der Waals surface area contributed by atoms with E-state index in [4.69, 9.17) is 9.84 Å². The molecule has 0 radical (unpaired) electrons. The van der Waals surface area contributed by atoms with E-state index in [2.05, 4.69) is 10.4 Å². The molecule has 24 heavy (non-hydrogen) atoms. The van der Waals surface area contributed by atoms with Gasteiger partial charge in [-0.15, -0.1) is 0 Å². The minimum atomic E-state index is -1.02. The molecule has 1 aromatic carbocycles. The summed E-state index contributed by atoms with van der Waals surface area (Å²) in [6.07, 6.45) is 1.56. The highest BCUT2D eigenvalue weighted by Gasteiger charge is 2.15. The number of hydrogen-bond donors (Lipinski definition) is 2. The van der Waals surface area contributed by atoms with Crippen LogP contribution in [0.2, 0.25) is 0 Å². The number of aryl methyl sites for hydroxylation is 1. The quantitative estimate of drug-likeness (QED) is 0.801. The van der Waals surface area contributed by atoms with Crippen molar-refractivity contribution in [3.8, 4) is 11.3 Å². The average Bonchev–Trinajstić information content (AvgIpc) is 2.87. The van der Waals surface area contributed by atoms with Crippen LogP contribution in [-0.2, 0) is 23.2 Å². The summed E-state index contributed by atoms with van der Waals surface area (Å²) >= 11 is 0. The number of amides is 1. The van der Waals surface area contributed by atoms with E-state index < -0.39 is 17.7 Å². The zero-order valence-corrected chi connectivity index (χ0v) is 13.4. The molecule has 0 saturated heterocycles. The second-order valence-corrected chi connectivity index (χ2v) is 5.24. The lowest BCUT2D eigenvalue weighted by Gasteiger charge is -2.07. The lowest BCUT2D eigenvalue weighted by Crippen LogP contribution is -2.26. The second-order valence-electron chi connectivity index (χ2n) is 5.24. The molecule has 0 aliphatic rings. The zero-order valence-electron chi connectivity index (χ0n) is 13.4. The standard InChI is InChI=1S/C16H18FN3O4/c1-20-8-12(9-24-2)15(19-20)10-5-11(7-13(17)6-10)16(23)18-4-3-14(21)22/h5-8H,3-4,9H2,1-2H3,(H,18,23)(H,21,22). The number of ether oxygens (including phenoxy) is 1. The smallest absolute Gasteiger partial charge is 0.305 e. The highest BCUT2D eigenvalue weighted by atomic mass is 19.1. The van der Waals surface area contributed by atoms with Gasteiger partial charge in [0.05, 0.1) is 18.7 Å². The Morgan fingerprint density at radius 2 is 2.12 bits per heavy atom. The first-order chi connectivity index (χ1) is 11.4. The Hall–Kier alpha value is -2.74. The van der Waals surface area contributed by atoms with Gasteiger partial charge in [-0.2, -0.15) is 5.10 Å². The van der Waals surface area contributed by atoms with Crippen molar-refractivity contribution >= 4 is 11.9 Å². The normalized spacial score (nSPS) is 10.6. The molecule has 0 bridgehead atoms. The summed E-state index contributed by atoms with van der Waals surface area (Å²) in [4.78, 5) is 22.5. The van der Waals surface area contributed by atoms with E-state index in [1.54, 1.807) is 25.0 Å². The molecule has 0 spiro atoms. The van der Waals surface area contributed by atoms with E-state index in [9.17, 15) is 14.0 Å². The molecular formula is C16H18FN3O4. The molecule has 2 aromatic rings. The number of nitrogens with zero attached hydrogens (tertiary/aromatic N) is 2. The Balaban J connectivity index is 2.28. The predicted molar refractivity (Wildman–Crippen MR) is 83.9 cm³/mol. The van der Waals surface area contributed by atoms with Gasteiger partial charge in [-0.1, -0.05) is 0 Å². The van der Waals surface area contributed by atoms with Gasteiger partial charge in [0.2, 0.25) is 0 Å². The Morgan fingerprint density at radius 1 is 1.38 bits per heavy atom. The number of aromatic nitrogens is 2. The third-order valence-electron chi connectivity index (χ3n) is 3.26. The van der Waals surface area contributed by atoms with Crippen molar-refractivity contribution in [2.24, 2.45) is 7.05 Å². The fourth-order valence-electron chi connectivity index (χ4n) is 2.28. The molecule has 1 aromatic heterocycles. The molecule has 1 amide bonds. The van der Waals surface area contributed by atoms with Gasteiger partial charge in [-0.3, -0.25) is 14.3 Å². The van der Waals surface area contributed by atoms with Crippen LogP contribution >= 0.6 is 0 Å². The summed E-state index contributed by atoms with van der Waals surface area (Å²) in [5.74, 6) is -2.14. The molecule has 7 nitrogen and oxygen atoms in total. The van der Waals surface area contributed by atoms with E-state index in [1.807, 2.05) is 0 Å². The number of benzene rings is 1. The summed E-state index contributed by atoms with van der Waals surface area (Å²) in [7, 11) is 3.28. The number of hydrogen-bond acceptors (Lipinski definition) is 4. The average molecular weight is 335 g/mol. The van der Waals surface area contributed by atoms with Crippen LogP contribution in [0.15, 0.2) is 24.4 Å². The molecule has 0 saturated carbocycles. The Kier molecular flexibility index (Phi) is 5.64. The molecule has 8 heteroatoms. The van der Waals surface area contributed by atoms with Gasteiger partial charge in [-0.25, -0.2) is 4.39 Å². The number of carboxylic acid groups (broad SMARTS) is 1. The summed E-state index contributed by atoms with van der Waals surface area (Å²) in [5, 5.41) is 15.3. The highest BCUT2D eigenvalue weighted by molar-refractivity contribution is 5.95. The molecule has 0 fully saturated rings. The van der Waals surface area contributed by atoms with Crippen molar-refractivity contribution in [1.82, 2.24) is 15.1 Å². The lowest BCUT2D eigenvalue weighted by molar-refractivity contribution is -0.136. The predicted octanol–water partition coefficient (Wildman–Crippen LogP) is 1.58. The van der Waals surface area contributed by atoms with Gasteiger partial charge < -0.3 is 15.2 Å². The third kappa shape index (κ3) is 4.39. The fraction of sp³-hybridized carbons (Fsp3) is 0.312. The van der Waals surface area contributed by atoms with Crippen LogP contribution in [0.4, 0.5) is 4.39 Å². The molecule has 0 unspecified atom stereocenters. The minimum absolute atomic E-state index is 0.0292. The van der Waals surface area contributed by atoms with Gasteiger partial charge in [-0.05, 0) is 18.2 Å². The van der Waals surface area contributed by atoms with Crippen LogP contribution in [0.5, 0.6) is 0 Å². The summed E-state index contributed by atoms with van der Waals surface area (Å²) < 4.78 is 20.6. The van der Waals surface area contributed by atoms with Gasteiger partial charge in [0.25, 0.3) is 5.91 Å². The van der Waals surface area contributed by atoms with E-state index in [0.717, 1.165) is 11.6 Å². The molecule has 2 rings (SSSR count). The van der Waals surface area contributed by atoms with E-state index >= 15 is 0 Å². The van der Waals surface area contributed by atoms with Crippen molar-refractivity contribution in [1.29, 1.82) is 0 Å². The third-order valence-corrected chi connectivity index (χ3v) is 3.26. The summed E-state index contributed by atoms with van der Waals surface area (Å²) in [5.41, 5.74) is 1.84. The number of methoxy groups -OCH3 is 1. The van der Waals surface area contributed by atoms with Crippen LogP contribution in [0, 0.1) is 5.82 Å². The minimum Gasteiger partial charge on any atom is -0.481 e. The van der Waals surface area contributed by atoms with Crippen molar-refractivity contribution < 1.29 is 23.8 Å². The summed E-state index contributed by atoms with van der Waals surface area (Å²) in [6.45, 7) is 0.276. The Bertz CT molecular complexity index is 758. The maximum Gasteiger partial charge on any atom is 0.305 e. The van der Waals surface area contributed by atoms with Crippen molar-refractivity contribution in [2.45, 2.75) is 13.0 Å². The fourth-order valence-corrected chi connectivity index (χ4v) is 2.28. The van der Waals surface area contributed by atoms with Crippen LogP contribution in [0.1, 0.15) is 22.3 Å². The molecule has 1 heterocycles. The lowest BCUT2D eigenvalue weighted by atomic mass is 10.0.